The van der Waals surface area contributed by atoms with Crippen molar-refractivity contribution >= 4 is 28.6 Å². The van der Waals surface area contributed by atoms with E-state index < -0.39 is 0 Å². The molecule has 1 saturated heterocycles. The third-order valence-corrected chi connectivity index (χ3v) is 6.84. The van der Waals surface area contributed by atoms with E-state index in [-0.39, 0.29) is 11.9 Å². The Bertz CT molecular complexity index is 869. The van der Waals surface area contributed by atoms with Gasteiger partial charge in [-0.15, -0.1) is 11.3 Å². The highest BCUT2D eigenvalue weighted by atomic mass is 32.1. The van der Waals surface area contributed by atoms with Crippen molar-refractivity contribution in [2.45, 2.75) is 25.2 Å². The summed E-state index contributed by atoms with van der Waals surface area (Å²) in [5.41, 5.74) is 2.20. The van der Waals surface area contributed by atoms with Crippen molar-refractivity contribution in [3.8, 4) is 0 Å². The predicted molar refractivity (Wildman–Crippen MR) is 101 cm³/mol. The molecule has 3 aromatic heterocycles. The zero-order chi connectivity index (χ0) is 16.8. The standard InChI is InChI=1S/C19H19N3OS2/c23-19-16-4-1-6-21(16)17-11-20(9-14-5-8-24-13-14)12-18(17)22(19)10-15-3-2-7-25-15/h1-8,13,17-18H,9-12H2. The van der Waals surface area contributed by atoms with Gasteiger partial charge in [-0.05, 0) is 46.0 Å². The molecule has 0 aromatic carbocycles. The van der Waals surface area contributed by atoms with Crippen LogP contribution in [0, 0.1) is 0 Å². The highest BCUT2D eigenvalue weighted by Gasteiger charge is 2.44. The van der Waals surface area contributed by atoms with Gasteiger partial charge in [0.1, 0.15) is 5.69 Å². The highest BCUT2D eigenvalue weighted by molar-refractivity contribution is 7.09. The molecule has 0 saturated carbocycles. The first-order valence-corrected chi connectivity index (χ1v) is 10.4. The van der Waals surface area contributed by atoms with Crippen molar-refractivity contribution in [3.63, 3.8) is 0 Å². The van der Waals surface area contributed by atoms with E-state index in [1.807, 2.05) is 12.1 Å². The lowest BCUT2D eigenvalue weighted by atomic mass is 10.1. The average Bonchev–Trinajstić information content (AvgIpc) is 3.36. The smallest absolute Gasteiger partial charge is 0.271 e. The van der Waals surface area contributed by atoms with Gasteiger partial charge in [0.15, 0.2) is 0 Å². The van der Waals surface area contributed by atoms with Crippen molar-refractivity contribution in [1.29, 1.82) is 0 Å². The maximum atomic E-state index is 13.1. The Labute approximate surface area is 154 Å². The fourth-order valence-corrected chi connectivity index (χ4v) is 5.48. The largest absolute Gasteiger partial charge is 0.337 e. The number of hydrogen-bond donors (Lipinski definition) is 0. The number of rotatable bonds is 4. The van der Waals surface area contributed by atoms with E-state index in [1.54, 1.807) is 22.7 Å². The van der Waals surface area contributed by atoms with Gasteiger partial charge in [0.05, 0.1) is 18.6 Å². The van der Waals surface area contributed by atoms with Gasteiger partial charge >= 0.3 is 0 Å². The summed E-state index contributed by atoms with van der Waals surface area (Å²) in [6, 6.07) is 10.9. The lowest BCUT2D eigenvalue weighted by Crippen LogP contribution is -2.49. The van der Waals surface area contributed by atoms with Crippen LogP contribution in [0.1, 0.15) is 27.0 Å². The summed E-state index contributed by atoms with van der Waals surface area (Å²) in [4.78, 5) is 18.9. The van der Waals surface area contributed by atoms with Gasteiger partial charge in [0.2, 0.25) is 0 Å². The van der Waals surface area contributed by atoms with Gasteiger partial charge in [-0.2, -0.15) is 11.3 Å². The van der Waals surface area contributed by atoms with Crippen LogP contribution in [0.15, 0.2) is 52.7 Å². The topological polar surface area (TPSA) is 28.5 Å². The van der Waals surface area contributed by atoms with Gasteiger partial charge in [0.25, 0.3) is 5.91 Å². The summed E-state index contributed by atoms with van der Waals surface area (Å²) in [5, 5.41) is 6.44. The highest BCUT2D eigenvalue weighted by Crippen LogP contribution is 2.35. The quantitative estimate of drug-likeness (QED) is 0.702. The van der Waals surface area contributed by atoms with Gasteiger partial charge in [-0.25, -0.2) is 0 Å². The van der Waals surface area contributed by atoms with E-state index in [0.717, 1.165) is 31.9 Å². The number of amides is 1. The Morgan fingerprint density at radius 3 is 2.76 bits per heavy atom. The third kappa shape index (κ3) is 2.65. The van der Waals surface area contributed by atoms with Crippen LogP contribution in [0.3, 0.4) is 0 Å². The van der Waals surface area contributed by atoms with E-state index in [2.05, 4.69) is 54.9 Å². The zero-order valence-electron chi connectivity index (χ0n) is 13.7. The molecule has 0 bridgehead atoms. The fraction of sp³-hybridized carbons (Fsp3) is 0.316. The van der Waals surface area contributed by atoms with Crippen LogP contribution in [0.4, 0.5) is 0 Å². The first kappa shape index (κ1) is 15.4. The van der Waals surface area contributed by atoms with Gasteiger partial charge in [0, 0.05) is 30.7 Å². The number of likely N-dealkylation sites (tertiary alicyclic amines) is 1. The minimum absolute atomic E-state index is 0.164. The normalized spacial score (nSPS) is 23.0. The second-order valence-corrected chi connectivity index (χ2v) is 8.59. The van der Waals surface area contributed by atoms with E-state index in [1.165, 1.54) is 10.4 Å². The second kappa shape index (κ2) is 6.12. The first-order chi connectivity index (χ1) is 12.3. The first-order valence-electron chi connectivity index (χ1n) is 8.53. The molecule has 25 heavy (non-hydrogen) atoms. The number of carbonyl (C=O) groups is 1. The van der Waals surface area contributed by atoms with Crippen LogP contribution in [0.2, 0.25) is 0 Å². The lowest BCUT2D eigenvalue weighted by molar-refractivity contribution is 0.0559. The monoisotopic (exact) mass is 369 g/mol. The zero-order valence-corrected chi connectivity index (χ0v) is 15.4. The van der Waals surface area contributed by atoms with Crippen LogP contribution < -0.4 is 0 Å². The summed E-state index contributed by atoms with van der Waals surface area (Å²) in [7, 11) is 0. The second-order valence-electron chi connectivity index (χ2n) is 6.77. The molecular weight excluding hydrogens is 350 g/mol. The molecule has 128 valence electrons. The lowest BCUT2D eigenvalue weighted by Gasteiger charge is -2.38. The summed E-state index contributed by atoms with van der Waals surface area (Å²) in [6.45, 7) is 3.62. The van der Waals surface area contributed by atoms with Crippen LogP contribution in [-0.2, 0) is 13.1 Å². The SMILES string of the molecule is O=C1c2cccn2C2CN(Cc3ccsc3)CC2N1Cc1cccs1. The molecule has 0 aliphatic carbocycles. The summed E-state index contributed by atoms with van der Waals surface area (Å²) in [5.74, 6) is 0.164. The van der Waals surface area contributed by atoms with E-state index >= 15 is 0 Å². The number of aromatic nitrogens is 1. The van der Waals surface area contributed by atoms with E-state index in [9.17, 15) is 4.79 Å². The maximum Gasteiger partial charge on any atom is 0.271 e. The molecule has 2 aliphatic heterocycles. The van der Waals surface area contributed by atoms with Gasteiger partial charge < -0.3 is 9.47 Å². The van der Waals surface area contributed by atoms with E-state index in [0.29, 0.717) is 6.04 Å². The Morgan fingerprint density at radius 2 is 1.96 bits per heavy atom. The molecule has 2 aliphatic rings. The van der Waals surface area contributed by atoms with Crippen LogP contribution in [0.25, 0.3) is 0 Å². The molecule has 5 rings (SSSR count). The van der Waals surface area contributed by atoms with Crippen LogP contribution in [-0.4, -0.2) is 39.4 Å². The molecule has 1 fully saturated rings. The number of thiophene rings is 2. The summed E-state index contributed by atoms with van der Waals surface area (Å²) >= 11 is 3.47. The summed E-state index contributed by atoms with van der Waals surface area (Å²) < 4.78 is 2.20. The molecule has 4 nitrogen and oxygen atoms in total. The van der Waals surface area contributed by atoms with Crippen molar-refractivity contribution in [1.82, 2.24) is 14.4 Å². The molecule has 5 heterocycles. The van der Waals surface area contributed by atoms with Crippen molar-refractivity contribution in [2.75, 3.05) is 13.1 Å². The average molecular weight is 370 g/mol. The Morgan fingerprint density at radius 1 is 1.04 bits per heavy atom. The van der Waals surface area contributed by atoms with Crippen molar-refractivity contribution in [2.24, 2.45) is 0 Å². The molecule has 0 N–H and O–H groups in total. The number of carbonyl (C=O) groups excluding carboxylic acids is 1. The minimum Gasteiger partial charge on any atom is -0.337 e. The maximum absolute atomic E-state index is 13.1. The molecule has 1 amide bonds. The van der Waals surface area contributed by atoms with Crippen molar-refractivity contribution in [3.05, 3.63) is 68.8 Å². The van der Waals surface area contributed by atoms with Gasteiger partial charge in [-0.3, -0.25) is 9.69 Å². The molecule has 2 atom stereocenters. The molecule has 2 unspecified atom stereocenters. The molecule has 0 radical (unpaired) electrons. The molecule has 6 heteroatoms. The molecular formula is C19H19N3OS2. The Hall–Kier alpha value is -1.89. The summed E-state index contributed by atoms with van der Waals surface area (Å²) in [6.07, 6.45) is 2.07. The number of fused-ring (bicyclic) bond motifs is 3. The Kier molecular flexibility index (Phi) is 3.77. The minimum atomic E-state index is 0.164. The van der Waals surface area contributed by atoms with Crippen LogP contribution in [0.5, 0.6) is 0 Å². The van der Waals surface area contributed by atoms with Crippen LogP contribution >= 0.6 is 22.7 Å². The van der Waals surface area contributed by atoms with Crippen molar-refractivity contribution < 1.29 is 4.79 Å². The molecule has 0 spiro atoms. The number of nitrogens with zero attached hydrogens (tertiary/aromatic N) is 3. The predicted octanol–water partition coefficient (Wildman–Crippen LogP) is 3.69. The fourth-order valence-electron chi connectivity index (χ4n) is 4.12. The van der Waals surface area contributed by atoms with E-state index in [4.69, 9.17) is 0 Å². The van der Waals surface area contributed by atoms with Gasteiger partial charge in [-0.1, -0.05) is 6.07 Å². The Balaban J connectivity index is 1.45. The third-order valence-electron chi connectivity index (χ3n) is 5.24. The molecule has 3 aromatic rings. The number of hydrogen-bond acceptors (Lipinski definition) is 4.